The Morgan fingerprint density at radius 2 is 1.70 bits per heavy atom. The molecule has 4 fully saturated rings. The van der Waals surface area contributed by atoms with Gasteiger partial charge in [0.25, 0.3) is 0 Å². The van der Waals surface area contributed by atoms with Gasteiger partial charge < -0.3 is 13.9 Å². The minimum absolute atomic E-state index is 0.0579. The fourth-order valence-electron chi connectivity index (χ4n) is 6.04. The second-order valence-electron chi connectivity index (χ2n) is 8.63. The molecule has 0 radical (unpaired) electrons. The molecule has 7 nitrogen and oxygen atoms in total. The predicted octanol–water partition coefficient (Wildman–Crippen LogP) is 3.62. The summed E-state index contributed by atoms with van der Waals surface area (Å²) in [6.45, 7) is 0.217. The largest absolute Gasteiger partial charge is 0.454 e. The molecule has 0 unspecified atom stereocenters. The Labute approximate surface area is 156 Å². The number of hydrogen-bond acceptors (Lipinski definition) is 6. The molecule has 7 heteroatoms. The number of rotatable bonds is 3. The van der Waals surface area contributed by atoms with Crippen molar-refractivity contribution in [2.75, 3.05) is 12.1 Å². The van der Waals surface area contributed by atoms with Crippen molar-refractivity contribution in [3.05, 3.63) is 18.2 Å². The second-order valence-corrected chi connectivity index (χ2v) is 8.63. The minimum Gasteiger partial charge on any atom is -0.454 e. The third-order valence-electron chi connectivity index (χ3n) is 6.78. The third kappa shape index (κ3) is 2.44. The van der Waals surface area contributed by atoms with Crippen molar-refractivity contribution in [2.45, 2.75) is 38.5 Å². The molecule has 140 valence electrons. The van der Waals surface area contributed by atoms with Gasteiger partial charge in [-0.3, -0.25) is 10.1 Å². The van der Waals surface area contributed by atoms with Crippen molar-refractivity contribution in [3.8, 4) is 23.0 Å². The minimum atomic E-state index is -0.234. The van der Waals surface area contributed by atoms with Gasteiger partial charge >= 0.3 is 6.01 Å². The Kier molecular flexibility index (Phi) is 3.14. The summed E-state index contributed by atoms with van der Waals surface area (Å²) in [6.07, 6.45) is 6.94. The zero-order valence-corrected chi connectivity index (χ0v) is 14.9. The Bertz CT molecular complexity index is 886. The number of aromatic nitrogens is 2. The lowest BCUT2D eigenvalue weighted by Crippen LogP contribution is -2.51. The van der Waals surface area contributed by atoms with Gasteiger partial charge in [0.15, 0.2) is 11.5 Å². The molecule has 0 atom stereocenters. The van der Waals surface area contributed by atoms with Crippen molar-refractivity contribution >= 4 is 11.9 Å². The quantitative estimate of drug-likeness (QED) is 0.892. The van der Waals surface area contributed by atoms with Crippen LogP contribution in [0.2, 0.25) is 0 Å². The number of nitrogens with one attached hydrogen (secondary N) is 1. The van der Waals surface area contributed by atoms with E-state index in [9.17, 15) is 4.79 Å². The highest BCUT2D eigenvalue weighted by molar-refractivity contribution is 5.94. The summed E-state index contributed by atoms with van der Waals surface area (Å²) in [4.78, 5) is 13.1. The van der Waals surface area contributed by atoms with Crippen LogP contribution in [0.15, 0.2) is 22.6 Å². The maximum atomic E-state index is 13.1. The van der Waals surface area contributed by atoms with E-state index in [1.54, 1.807) is 6.07 Å². The highest BCUT2D eigenvalue weighted by Gasteiger charge is 2.54. The number of benzene rings is 1. The number of carbonyl (C=O) groups is 1. The van der Waals surface area contributed by atoms with E-state index < -0.39 is 0 Å². The first-order chi connectivity index (χ1) is 13.2. The SMILES string of the molecule is O=C(Nc1nnc(-c2ccc3c(c2)OCO3)o1)C12CC3CC(CC(C3)C1)C2. The summed E-state index contributed by atoms with van der Waals surface area (Å²) in [7, 11) is 0. The zero-order chi connectivity index (χ0) is 18.0. The van der Waals surface area contributed by atoms with Gasteiger partial charge in [-0.2, -0.15) is 0 Å². The van der Waals surface area contributed by atoms with Gasteiger partial charge in [0.1, 0.15) is 0 Å². The first-order valence-corrected chi connectivity index (χ1v) is 9.72. The Balaban J connectivity index is 1.22. The fourth-order valence-corrected chi connectivity index (χ4v) is 6.04. The van der Waals surface area contributed by atoms with Gasteiger partial charge in [0, 0.05) is 5.56 Å². The summed E-state index contributed by atoms with van der Waals surface area (Å²) in [5, 5.41) is 11.0. The maximum absolute atomic E-state index is 13.1. The van der Waals surface area contributed by atoms with Crippen LogP contribution in [0.5, 0.6) is 11.5 Å². The molecular weight excluding hydrogens is 346 g/mol. The van der Waals surface area contributed by atoms with Crippen LogP contribution in [0.1, 0.15) is 38.5 Å². The highest BCUT2D eigenvalue weighted by atomic mass is 16.7. The molecule has 1 aromatic carbocycles. The Hall–Kier alpha value is -2.57. The molecule has 7 rings (SSSR count). The lowest BCUT2D eigenvalue weighted by Gasteiger charge is -2.55. The molecule has 1 aliphatic heterocycles. The molecule has 4 saturated carbocycles. The van der Waals surface area contributed by atoms with E-state index in [0.717, 1.165) is 24.8 Å². The van der Waals surface area contributed by atoms with Gasteiger partial charge in [-0.1, -0.05) is 5.10 Å². The summed E-state index contributed by atoms with van der Waals surface area (Å²) >= 11 is 0. The average Bonchev–Trinajstić information content (AvgIpc) is 3.29. The van der Waals surface area contributed by atoms with E-state index in [1.165, 1.54) is 19.3 Å². The third-order valence-corrected chi connectivity index (χ3v) is 6.78. The summed E-state index contributed by atoms with van der Waals surface area (Å²) in [6, 6.07) is 5.63. The highest BCUT2D eigenvalue weighted by Crippen LogP contribution is 2.60. The van der Waals surface area contributed by atoms with Crippen molar-refractivity contribution in [3.63, 3.8) is 0 Å². The summed E-state index contributed by atoms with van der Waals surface area (Å²) in [5.41, 5.74) is 0.504. The molecule has 0 spiro atoms. The maximum Gasteiger partial charge on any atom is 0.322 e. The molecule has 1 N–H and O–H groups in total. The predicted molar refractivity (Wildman–Crippen MR) is 95.1 cm³/mol. The lowest BCUT2D eigenvalue weighted by atomic mass is 9.49. The number of carbonyl (C=O) groups excluding carboxylic acids is 1. The number of amides is 1. The second kappa shape index (κ2) is 5.47. The van der Waals surface area contributed by atoms with E-state index in [2.05, 4.69) is 15.5 Å². The molecule has 4 aliphatic carbocycles. The summed E-state index contributed by atoms with van der Waals surface area (Å²) < 4.78 is 16.4. The van der Waals surface area contributed by atoms with Crippen molar-refractivity contribution in [1.29, 1.82) is 0 Å². The molecule has 4 bridgehead atoms. The van der Waals surface area contributed by atoms with Crippen LogP contribution in [-0.4, -0.2) is 22.9 Å². The molecule has 2 heterocycles. The van der Waals surface area contributed by atoms with Gasteiger partial charge in [-0.15, -0.1) is 5.10 Å². The normalized spacial score (nSPS) is 32.7. The lowest BCUT2D eigenvalue weighted by molar-refractivity contribution is -0.140. The standard InChI is InChI=1S/C20H21N3O4/c24-18(20-7-11-3-12(8-20)5-13(4-11)9-20)21-19-23-22-17(27-19)14-1-2-15-16(6-14)26-10-25-15/h1-2,6,11-13H,3-5,7-10H2,(H,21,23,24). The molecule has 27 heavy (non-hydrogen) atoms. The number of nitrogens with zero attached hydrogens (tertiary/aromatic N) is 2. The van der Waals surface area contributed by atoms with Gasteiger partial charge in [0.05, 0.1) is 5.41 Å². The van der Waals surface area contributed by atoms with E-state index in [1.807, 2.05) is 12.1 Å². The zero-order valence-electron chi connectivity index (χ0n) is 14.9. The van der Waals surface area contributed by atoms with Gasteiger partial charge in [-0.05, 0) is 74.5 Å². The molecule has 5 aliphatic rings. The smallest absolute Gasteiger partial charge is 0.322 e. The number of ether oxygens (including phenoxy) is 2. The molecule has 1 aromatic heterocycles. The van der Waals surface area contributed by atoms with E-state index in [0.29, 0.717) is 35.1 Å². The molecular formula is C20H21N3O4. The van der Waals surface area contributed by atoms with Crippen molar-refractivity contribution < 1.29 is 18.7 Å². The first kappa shape index (κ1) is 15.5. The topological polar surface area (TPSA) is 86.5 Å². The van der Waals surface area contributed by atoms with Crippen molar-refractivity contribution in [2.24, 2.45) is 23.2 Å². The first-order valence-electron chi connectivity index (χ1n) is 9.72. The van der Waals surface area contributed by atoms with Crippen LogP contribution in [0.4, 0.5) is 6.01 Å². The van der Waals surface area contributed by atoms with Crippen LogP contribution in [0.3, 0.4) is 0 Å². The monoisotopic (exact) mass is 367 g/mol. The summed E-state index contributed by atoms with van der Waals surface area (Å²) in [5.74, 6) is 3.92. The molecule has 0 saturated heterocycles. The number of fused-ring (bicyclic) bond motifs is 1. The van der Waals surface area contributed by atoms with Gasteiger partial charge in [-0.25, -0.2) is 0 Å². The molecule has 2 aromatic rings. The number of anilines is 1. The van der Waals surface area contributed by atoms with Crippen LogP contribution in [0.25, 0.3) is 11.5 Å². The Morgan fingerprint density at radius 3 is 2.44 bits per heavy atom. The van der Waals surface area contributed by atoms with E-state index in [4.69, 9.17) is 13.9 Å². The van der Waals surface area contributed by atoms with Crippen LogP contribution in [0, 0.1) is 23.2 Å². The van der Waals surface area contributed by atoms with Crippen molar-refractivity contribution in [1.82, 2.24) is 10.2 Å². The Morgan fingerprint density at radius 1 is 1.00 bits per heavy atom. The van der Waals surface area contributed by atoms with E-state index >= 15 is 0 Å². The molecule has 1 amide bonds. The average molecular weight is 367 g/mol. The van der Waals surface area contributed by atoms with Crippen LogP contribution < -0.4 is 14.8 Å². The number of hydrogen-bond donors (Lipinski definition) is 1. The van der Waals surface area contributed by atoms with Gasteiger partial charge in [0.2, 0.25) is 18.6 Å². The van der Waals surface area contributed by atoms with E-state index in [-0.39, 0.29) is 24.1 Å². The van der Waals surface area contributed by atoms with Crippen LogP contribution >= 0.6 is 0 Å². The van der Waals surface area contributed by atoms with Crippen LogP contribution in [-0.2, 0) is 4.79 Å². The fraction of sp³-hybridized carbons (Fsp3) is 0.550.